The molecule has 0 aliphatic carbocycles. The van der Waals surface area contributed by atoms with Crippen molar-refractivity contribution in [3.63, 3.8) is 0 Å². The summed E-state index contributed by atoms with van der Waals surface area (Å²) in [5.74, 6) is 0.282. The van der Waals surface area contributed by atoms with Gasteiger partial charge in [0.05, 0.1) is 12.6 Å². The minimum Gasteiger partial charge on any atom is -0.507 e. The molecule has 3 nitrogen and oxygen atoms in total. The van der Waals surface area contributed by atoms with Crippen LogP contribution in [0.5, 0.6) is 5.75 Å². The summed E-state index contributed by atoms with van der Waals surface area (Å²) in [6.07, 6.45) is 1.18. The molecule has 0 aliphatic rings. The second-order valence-corrected chi connectivity index (χ2v) is 7.80. The molecule has 0 saturated heterocycles. The van der Waals surface area contributed by atoms with Crippen LogP contribution in [0, 0.1) is 0 Å². The SMILES string of the molecule is C[C@H](O)CN=Cc1cc(C(C)(C)C)cc(C(C)(C)C)c1O. The Kier molecular flexibility index (Phi) is 5.21. The van der Waals surface area contributed by atoms with Crippen molar-refractivity contribution in [1.82, 2.24) is 0 Å². The fourth-order valence-electron chi connectivity index (χ4n) is 2.06. The van der Waals surface area contributed by atoms with Crippen LogP contribution in [0.3, 0.4) is 0 Å². The topological polar surface area (TPSA) is 52.8 Å². The second-order valence-electron chi connectivity index (χ2n) is 7.80. The van der Waals surface area contributed by atoms with E-state index in [0.717, 1.165) is 5.56 Å². The first kappa shape index (κ1) is 17.7. The maximum absolute atomic E-state index is 10.5. The average molecular weight is 291 g/mol. The Bertz CT molecular complexity index is 517. The summed E-state index contributed by atoms with van der Waals surface area (Å²) in [6.45, 7) is 14.8. The fraction of sp³-hybridized carbons (Fsp3) is 0.611. The molecular weight excluding hydrogens is 262 g/mol. The summed E-state index contributed by atoms with van der Waals surface area (Å²) in [6, 6.07) is 4.07. The number of rotatable bonds is 3. The van der Waals surface area contributed by atoms with Crippen LogP contribution in [0.4, 0.5) is 0 Å². The van der Waals surface area contributed by atoms with Crippen LogP contribution >= 0.6 is 0 Å². The number of hydrogen-bond acceptors (Lipinski definition) is 3. The number of aliphatic hydroxyl groups is 1. The summed E-state index contributed by atoms with van der Waals surface area (Å²) in [4.78, 5) is 4.21. The number of aliphatic imine (C=N–C) groups is 1. The number of aliphatic hydroxyl groups excluding tert-OH is 1. The lowest BCUT2D eigenvalue weighted by molar-refractivity contribution is 0.204. The molecule has 1 rings (SSSR count). The molecule has 0 aliphatic heterocycles. The van der Waals surface area contributed by atoms with Gasteiger partial charge >= 0.3 is 0 Å². The Morgan fingerprint density at radius 3 is 2.10 bits per heavy atom. The number of benzene rings is 1. The largest absolute Gasteiger partial charge is 0.507 e. The number of aromatic hydroxyl groups is 1. The van der Waals surface area contributed by atoms with E-state index < -0.39 is 6.10 Å². The molecule has 21 heavy (non-hydrogen) atoms. The Labute approximate surface area is 128 Å². The predicted octanol–water partition coefficient (Wildman–Crippen LogP) is 3.79. The van der Waals surface area contributed by atoms with E-state index >= 15 is 0 Å². The molecule has 0 unspecified atom stereocenters. The molecule has 1 aromatic carbocycles. The van der Waals surface area contributed by atoms with Gasteiger partial charge in [-0.3, -0.25) is 4.99 Å². The van der Waals surface area contributed by atoms with Gasteiger partial charge in [-0.05, 0) is 29.4 Å². The second kappa shape index (κ2) is 6.18. The van der Waals surface area contributed by atoms with Crippen molar-refractivity contribution in [3.8, 4) is 5.75 Å². The first-order chi connectivity index (χ1) is 9.43. The molecule has 0 bridgehead atoms. The van der Waals surface area contributed by atoms with Crippen molar-refractivity contribution in [2.24, 2.45) is 4.99 Å². The summed E-state index contributed by atoms with van der Waals surface area (Å²) in [5, 5.41) is 19.8. The molecule has 0 radical (unpaired) electrons. The van der Waals surface area contributed by atoms with E-state index in [9.17, 15) is 10.2 Å². The summed E-state index contributed by atoms with van der Waals surface area (Å²) < 4.78 is 0. The normalized spacial score (nSPS) is 14.7. The van der Waals surface area contributed by atoms with Crippen LogP contribution < -0.4 is 0 Å². The van der Waals surface area contributed by atoms with E-state index in [2.05, 4.69) is 52.6 Å². The number of phenolic OH excluding ortho intramolecular Hbond substituents is 1. The molecule has 0 spiro atoms. The van der Waals surface area contributed by atoms with Gasteiger partial charge in [0, 0.05) is 17.3 Å². The van der Waals surface area contributed by atoms with E-state index in [1.807, 2.05) is 6.07 Å². The quantitative estimate of drug-likeness (QED) is 0.833. The van der Waals surface area contributed by atoms with Gasteiger partial charge in [-0.1, -0.05) is 47.6 Å². The minimum atomic E-state index is -0.476. The van der Waals surface area contributed by atoms with Crippen molar-refractivity contribution in [2.75, 3.05) is 6.54 Å². The maximum atomic E-state index is 10.5. The zero-order valence-electron chi connectivity index (χ0n) is 14.4. The zero-order chi connectivity index (χ0) is 16.4. The first-order valence-electron chi connectivity index (χ1n) is 7.49. The van der Waals surface area contributed by atoms with Crippen LogP contribution in [-0.4, -0.2) is 29.1 Å². The van der Waals surface area contributed by atoms with Gasteiger partial charge in [0.25, 0.3) is 0 Å². The highest BCUT2D eigenvalue weighted by Gasteiger charge is 2.24. The van der Waals surface area contributed by atoms with E-state index in [4.69, 9.17) is 0 Å². The molecular formula is C18H29NO2. The summed E-state index contributed by atoms with van der Waals surface area (Å²) >= 11 is 0. The highest BCUT2D eigenvalue weighted by Crippen LogP contribution is 2.37. The van der Waals surface area contributed by atoms with Crippen LogP contribution in [0.25, 0.3) is 0 Å². The lowest BCUT2D eigenvalue weighted by Gasteiger charge is -2.27. The zero-order valence-corrected chi connectivity index (χ0v) is 14.4. The van der Waals surface area contributed by atoms with E-state index in [1.54, 1.807) is 13.1 Å². The lowest BCUT2D eigenvalue weighted by Crippen LogP contribution is -2.17. The van der Waals surface area contributed by atoms with Crippen molar-refractivity contribution >= 4 is 6.21 Å². The van der Waals surface area contributed by atoms with Gasteiger partial charge in [-0.25, -0.2) is 0 Å². The molecule has 3 heteroatoms. The van der Waals surface area contributed by atoms with Crippen molar-refractivity contribution < 1.29 is 10.2 Å². The Hall–Kier alpha value is -1.35. The molecule has 0 saturated carbocycles. The average Bonchev–Trinajstić information content (AvgIpc) is 2.27. The van der Waals surface area contributed by atoms with Crippen LogP contribution in [0.15, 0.2) is 17.1 Å². The van der Waals surface area contributed by atoms with Crippen molar-refractivity contribution in [2.45, 2.75) is 65.4 Å². The number of nitrogens with zero attached hydrogens (tertiary/aromatic N) is 1. The lowest BCUT2D eigenvalue weighted by atomic mass is 9.79. The Morgan fingerprint density at radius 1 is 1.10 bits per heavy atom. The van der Waals surface area contributed by atoms with Crippen LogP contribution in [0.2, 0.25) is 0 Å². The number of phenols is 1. The van der Waals surface area contributed by atoms with E-state index in [-0.39, 0.29) is 16.6 Å². The summed E-state index contributed by atoms with van der Waals surface area (Å²) in [5.41, 5.74) is 2.67. The first-order valence-corrected chi connectivity index (χ1v) is 7.49. The Morgan fingerprint density at radius 2 is 1.67 bits per heavy atom. The summed E-state index contributed by atoms with van der Waals surface area (Å²) in [7, 11) is 0. The van der Waals surface area contributed by atoms with Gasteiger partial charge in [0.15, 0.2) is 0 Å². The van der Waals surface area contributed by atoms with Gasteiger partial charge in [0.1, 0.15) is 5.75 Å². The third kappa shape index (κ3) is 4.85. The maximum Gasteiger partial charge on any atom is 0.128 e. The van der Waals surface area contributed by atoms with Gasteiger partial charge in [-0.2, -0.15) is 0 Å². The predicted molar refractivity (Wildman–Crippen MR) is 89.6 cm³/mol. The standard InChI is InChI=1S/C18H29NO2/c1-12(20)10-19-11-13-8-14(17(2,3)4)9-15(16(13)21)18(5,6)7/h8-9,11-12,20-21H,10H2,1-7H3/t12-/m0/s1. The fourth-order valence-corrected chi connectivity index (χ4v) is 2.06. The van der Waals surface area contributed by atoms with Crippen LogP contribution in [-0.2, 0) is 10.8 Å². The van der Waals surface area contributed by atoms with Gasteiger partial charge < -0.3 is 10.2 Å². The van der Waals surface area contributed by atoms with E-state index in [1.165, 1.54) is 5.56 Å². The van der Waals surface area contributed by atoms with Crippen LogP contribution in [0.1, 0.15) is 65.2 Å². The molecule has 2 N–H and O–H groups in total. The van der Waals surface area contributed by atoms with Crippen molar-refractivity contribution in [1.29, 1.82) is 0 Å². The smallest absolute Gasteiger partial charge is 0.128 e. The Balaban J connectivity index is 3.39. The highest BCUT2D eigenvalue weighted by molar-refractivity contribution is 5.85. The molecule has 0 heterocycles. The van der Waals surface area contributed by atoms with Gasteiger partial charge in [-0.15, -0.1) is 0 Å². The highest BCUT2D eigenvalue weighted by atomic mass is 16.3. The molecule has 1 atom stereocenters. The monoisotopic (exact) mass is 291 g/mol. The molecule has 0 amide bonds. The molecule has 1 aromatic rings. The number of hydrogen-bond donors (Lipinski definition) is 2. The van der Waals surface area contributed by atoms with E-state index in [0.29, 0.717) is 12.1 Å². The molecule has 0 aromatic heterocycles. The molecule has 0 fully saturated rings. The van der Waals surface area contributed by atoms with Gasteiger partial charge in [0.2, 0.25) is 0 Å². The third-order valence-electron chi connectivity index (χ3n) is 3.41. The third-order valence-corrected chi connectivity index (χ3v) is 3.41. The molecule has 118 valence electrons. The van der Waals surface area contributed by atoms with Crippen molar-refractivity contribution in [3.05, 3.63) is 28.8 Å². The minimum absolute atomic E-state index is 0.000556.